The third-order valence-corrected chi connectivity index (χ3v) is 7.19. The van der Waals surface area contributed by atoms with Crippen molar-refractivity contribution in [2.24, 2.45) is 0 Å². The van der Waals surface area contributed by atoms with Crippen molar-refractivity contribution in [2.45, 2.75) is 10.1 Å². The summed E-state index contributed by atoms with van der Waals surface area (Å²) in [5.41, 5.74) is 2.72. The van der Waals surface area contributed by atoms with Crippen molar-refractivity contribution >= 4 is 50.1 Å². The summed E-state index contributed by atoms with van der Waals surface area (Å²) < 4.78 is 31.3. The van der Waals surface area contributed by atoms with Crippen LogP contribution < -0.4 is 15.0 Å². The predicted octanol–water partition coefficient (Wildman–Crippen LogP) is 2.62. The van der Waals surface area contributed by atoms with Crippen LogP contribution in [-0.2, 0) is 14.8 Å². The maximum absolute atomic E-state index is 12.6. The molecule has 1 amide bonds. The fraction of sp³-hybridized carbons (Fsp3) is 0.300. The van der Waals surface area contributed by atoms with E-state index in [0.29, 0.717) is 22.3 Å². The van der Waals surface area contributed by atoms with E-state index in [2.05, 4.69) is 15.3 Å². The fourth-order valence-corrected chi connectivity index (χ4v) is 4.47. The Morgan fingerprint density at radius 2 is 1.90 bits per heavy atom. The van der Waals surface area contributed by atoms with Crippen LogP contribution >= 0.6 is 11.8 Å². The van der Waals surface area contributed by atoms with Gasteiger partial charge in [-0.15, -0.1) is 0 Å². The Morgan fingerprint density at radius 3 is 2.55 bits per heavy atom. The number of thioether (sulfide) groups is 1. The topological polar surface area (TPSA) is 108 Å². The Morgan fingerprint density at radius 1 is 1.16 bits per heavy atom. The van der Waals surface area contributed by atoms with Gasteiger partial charge >= 0.3 is 0 Å². The van der Waals surface area contributed by atoms with Gasteiger partial charge in [-0.25, -0.2) is 17.7 Å². The number of rotatable bonds is 8. The van der Waals surface area contributed by atoms with E-state index in [4.69, 9.17) is 4.74 Å². The second-order valence-electron chi connectivity index (χ2n) is 7.12. The number of carbonyl (C=O) groups is 1. The van der Waals surface area contributed by atoms with Crippen molar-refractivity contribution in [3.05, 3.63) is 36.4 Å². The van der Waals surface area contributed by atoms with E-state index in [1.54, 1.807) is 18.1 Å². The van der Waals surface area contributed by atoms with Crippen LogP contribution in [0.15, 0.2) is 46.5 Å². The zero-order valence-corrected chi connectivity index (χ0v) is 19.6. The molecule has 0 saturated carbocycles. The van der Waals surface area contributed by atoms with Crippen LogP contribution in [0.5, 0.6) is 5.75 Å². The van der Waals surface area contributed by atoms with E-state index in [9.17, 15) is 13.2 Å². The smallest absolute Gasteiger partial charge is 0.242 e. The van der Waals surface area contributed by atoms with E-state index < -0.39 is 10.0 Å². The highest BCUT2D eigenvalue weighted by Gasteiger charge is 2.20. The van der Waals surface area contributed by atoms with Gasteiger partial charge < -0.3 is 19.9 Å². The zero-order valence-electron chi connectivity index (χ0n) is 18.0. The first-order valence-electron chi connectivity index (χ1n) is 9.32. The summed E-state index contributed by atoms with van der Waals surface area (Å²) in [7, 11) is 4.55. The maximum Gasteiger partial charge on any atom is 0.242 e. The van der Waals surface area contributed by atoms with E-state index in [1.165, 1.54) is 38.0 Å². The van der Waals surface area contributed by atoms with Gasteiger partial charge in [-0.1, -0.05) is 11.8 Å². The van der Waals surface area contributed by atoms with Gasteiger partial charge in [-0.2, -0.15) is 0 Å². The molecule has 0 spiro atoms. The average molecular weight is 464 g/mol. The van der Waals surface area contributed by atoms with Gasteiger partial charge in [-0.05, 0) is 30.3 Å². The Hall–Kier alpha value is -2.76. The first-order valence-corrected chi connectivity index (χ1v) is 11.7. The van der Waals surface area contributed by atoms with E-state index in [1.807, 2.05) is 32.3 Å². The summed E-state index contributed by atoms with van der Waals surface area (Å²) in [6.45, 7) is 0. The molecule has 3 aromatic rings. The third-order valence-electron chi connectivity index (χ3n) is 4.51. The van der Waals surface area contributed by atoms with Crippen molar-refractivity contribution in [3.8, 4) is 5.75 Å². The van der Waals surface area contributed by atoms with Crippen molar-refractivity contribution in [1.82, 2.24) is 14.3 Å². The molecule has 0 aliphatic carbocycles. The van der Waals surface area contributed by atoms with Gasteiger partial charge in [0.15, 0.2) is 5.16 Å². The highest BCUT2D eigenvalue weighted by atomic mass is 32.2. The molecule has 1 aromatic heterocycles. The van der Waals surface area contributed by atoms with Crippen LogP contribution in [0, 0.1) is 0 Å². The number of hydrogen-bond acceptors (Lipinski definition) is 7. The lowest BCUT2D eigenvalue weighted by atomic mass is 10.2. The molecule has 0 unspecified atom stereocenters. The van der Waals surface area contributed by atoms with Gasteiger partial charge in [0.05, 0.1) is 40.2 Å². The number of benzene rings is 2. The molecule has 3 rings (SSSR count). The normalized spacial score (nSPS) is 11.7. The van der Waals surface area contributed by atoms with E-state index >= 15 is 0 Å². The summed E-state index contributed by atoms with van der Waals surface area (Å²) in [6, 6.07) is 10.2. The largest absolute Gasteiger partial charge is 0.497 e. The van der Waals surface area contributed by atoms with Gasteiger partial charge in [0.2, 0.25) is 15.9 Å². The monoisotopic (exact) mass is 463 g/mol. The number of anilines is 2. The van der Waals surface area contributed by atoms with Gasteiger partial charge in [0.25, 0.3) is 0 Å². The lowest BCUT2D eigenvalue weighted by molar-refractivity contribution is -0.113. The molecule has 11 heteroatoms. The van der Waals surface area contributed by atoms with Gasteiger partial charge in [0, 0.05) is 34.3 Å². The SMILES string of the molecule is COc1ccc2nc(SCC(=O)Nc3cc(S(=O)(=O)N(C)C)ccc3N(C)C)[nH]c2c1. The molecule has 0 bridgehead atoms. The highest BCUT2D eigenvalue weighted by Crippen LogP contribution is 2.29. The number of amides is 1. The first kappa shape index (κ1) is 22.9. The van der Waals surface area contributed by atoms with Crippen LogP contribution in [0.3, 0.4) is 0 Å². The third kappa shape index (κ3) is 5.12. The van der Waals surface area contributed by atoms with Crippen LogP contribution in [0.2, 0.25) is 0 Å². The number of nitrogens with zero attached hydrogens (tertiary/aromatic N) is 3. The Kier molecular flexibility index (Phi) is 6.77. The molecule has 0 saturated heterocycles. The van der Waals surface area contributed by atoms with Crippen LogP contribution in [0.4, 0.5) is 11.4 Å². The molecule has 166 valence electrons. The quantitative estimate of drug-likeness (QED) is 0.495. The molecule has 0 fully saturated rings. The lowest BCUT2D eigenvalue weighted by Crippen LogP contribution is -2.23. The minimum absolute atomic E-state index is 0.106. The van der Waals surface area contributed by atoms with Crippen molar-refractivity contribution in [3.63, 3.8) is 0 Å². The van der Waals surface area contributed by atoms with Crippen LogP contribution in [-0.4, -0.2) is 69.7 Å². The van der Waals surface area contributed by atoms with E-state index in [0.717, 1.165) is 15.3 Å². The maximum atomic E-state index is 12.6. The predicted molar refractivity (Wildman–Crippen MR) is 124 cm³/mol. The molecule has 2 aromatic carbocycles. The Labute approximate surface area is 185 Å². The standard InChI is InChI=1S/C20H25N5O4S2/c1-24(2)18-9-7-14(31(27,28)25(3)4)11-17(18)21-19(26)12-30-20-22-15-8-6-13(29-5)10-16(15)23-20/h6-11H,12H2,1-5H3,(H,21,26)(H,22,23). The highest BCUT2D eigenvalue weighted by molar-refractivity contribution is 7.99. The Bertz CT molecular complexity index is 1210. The summed E-state index contributed by atoms with van der Waals surface area (Å²) in [5.74, 6) is 0.550. The van der Waals surface area contributed by atoms with Crippen LogP contribution in [0.1, 0.15) is 0 Å². The molecule has 1 heterocycles. The number of sulfonamides is 1. The number of aromatic nitrogens is 2. The molecule has 0 radical (unpaired) electrons. The number of fused-ring (bicyclic) bond motifs is 1. The van der Waals surface area contributed by atoms with Crippen molar-refractivity contribution in [1.29, 1.82) is 0 Å². The number of H-pyrrole nitrogens is 1. The number of carbonyl (C=O) groups excluding carboxylic acids is 1. The van der Waals surface area contributed by atoms with Gasteiger partial charge in [-0.3, -0.25) is 4.79 Å². The van der Waals surface area contributed by atoms with Gasteiger partial charge in [0.1, 0.15) is 5.75 Å². The summed E-state index contributed by atoms with van der Waals surface area (Å²) in [6.07, 6.45) is 0. The number of ether oxygens (including phenoxy) is 1. The first-order chi connectivity index (χ1) is 14.6. The van der Waals surface area contributed by atoms with Crippen LogP contribution in [0.25, 0.3) is 11.0 Å². The summed E-state index contributed by atoms with van der Waals surface area (Å²) in [5, 5.41) is 3.43. The second-order valence-corrected chi connectivity index (χ2v) is 10.2. The number of hydrogen-bond donors (Lipinski definition) is 2. The molecule has 0 atom stereocenters. The number of methoxy groups -OCH3 is 1. The second kappa shape index (κ2) is 9.16. The zero-order chi connectivity index (χ0) is 22.8. The number of imidazole rings is 1. The molecule has 0 aliphatic heterocycles. The lowest BCUT2D eigenvalue weighted by Gasteiger charge is -2.20. The number of aromatic amines is 1. The summed E-state index contributed by atoms with van der Waals surface area (Å²) in [4.78, 5) is 22.1. The fourth-order valence-electron chi connectivity index (χ4n) is 2.86. The molecule has 0 aliphatic rings. The molecule has 9 nitrogen and oxygen atoms in total. The minimum Gasteiger partial charge on any atom is -0.497 e. The number of nitrogens with one attached hydrogen (secondary N) is 2. The van der Waals surface area contributed by atoms with Crippen molar-refractivity contribution in [2.75, 3.05) is 51.3 Å². The van der Waals surface area contributed by atoms with E-state index in [-0.39, 0.29) is 16.6 Å². The minimum atomic E-state index is -3.62. The Balaban J connectivity index is 1.76. The molecule has 2 N–H and O–H groups in total. The molecular formula is C20H25N5O4S2. The molecule has 31 heavy (non-hydrogen) atoms. The van der Waals surface area contributed by atoms with Crippen molar-refractivity contribution < 1.29 is 17.9 Å². The molecular weight excluding hydrogens is 438 g/mol. The average Bonchev–Trinajstić information content (AvgIpc) is 3.13. The summed E-state index contributed by atoms with van der Waals surface area (Å²) >= 11 is 1.26.